The van der Waals surface area contributed by atoms with Crippen LogP contribution in [0.25, 0.3) is 0 Å². The molecule has 3 atom stereocenters. The zero-order valence-corrected chi connectivity index (χ0v) is 14.0. The Balaban J connectivity index is 1.86. The molecule has 1 aliphatic carbocycles. The number of allylic oxidation sites excluding steroid dienone is 2. The third kappa shape index (κ3) is 2.29. The average Bonchev–Trinajstić information content (AvgIpc) is 3.04. The highest BCUT2D eigenvalue weighted by molar-refractivity contribution is 6.30. The van der Waals surface area contributed by atoms with Gasteiger partial charge >= 0.3 is 0 Å². The zero-order valence-electron chi connectivity index (χ0n) is 13.2. The van der Waals surface area contributed by atoms with Crippen LogP contribution in [0.3, 0.4) is 0 Å². The number of nitrogens with one attached hydrogen (secondary N) is 1. The van der Waals surface area contributed by atoms with Crippen molar-refractivity contribution in [3.63, 3.8) is 0 Å². The first kappa shape index (κ1) is 15.2. The van der Waals surface area contributed by atoms with E-state index in [1.54, 1.807) is 12.1 Å². The number of anilines is 1. The van der Waals surface area contributed by atoms with Crippen LogP contribution in [0.2, 0.25) is 5.02 Å². The van der Waals surface area contributed by atoms with Gasteiger partial charge in [-0.25, -0.2) is 0 Å². The van der Waals surface area contributed by atoms with Crippen LogP contribution in [-0.4, -0.2) is 4.92 Å². The van der Waals surface area contributed by atoms with Crippen molar-refractivity contribution >= 4 is 23.0 Å². The molecule has 0 spiro atoms. The molecule has 2 aromatic rings. The molecule has 122 valence electrons. The van der Waals surface area contributed by atoms with E-state index in [2.05, 4.69) is 17.5 Å². The predicted octanol–water partition coefficient (Wildman–Crippen LogP) is 5.38. The van der Waals surface area contributed by atoms with Gasteiger partial charge in [0, 0.05) is 22.7 Å². The first-order valence-electron chi connectivity index (χ1n) is 8.03. The summed E-state index contributed by atoms with van der Waals surface area (Å²) < 4.78 is 0. The van der Waals surface area contributed by atoms with Gasteiger partial charge in [0.25, 0.3) is 5.69 Å². The molecule has 5 heteroatoms. The smallest absolute Gasteiger partial charge is 0.274 e. The van der Waals surface area contributed by atoms with E-state index in [9.17, 15) is 10.1 Å². The fourth-order valence-electron chi connectivity index (χ4n) is 4.07. The molecule has 4 rings (SSSR count). The summed E-state index contributed by atoms with van der Waals surface area (Å²) in [7, 11) is 0. The molecule has 2 aliphatic rings. The van der Waals surface area contributed by atoms with Gasteiger partial charge in [0.05, 0.1) is 16.5 Å². The number of hydrogen-bond donors (Lipinski definition) is 1. The van der Waals surface area contributed by atoms with Crippen molar-refractivity contribution in [1.29, 1.82) is 0 Å². The third-order valence-corrected chi connectivity index (χ3v) is 5.32. The maximum atomic E-state index is 11.5. The fraction of sp³-hybridized carbons (Fsp3) is 0.263. The number of para-hydroxylation sites is 1. The molecule has 1 aliphatic heterocycles. The molecule has 0 unspecified atom stereocenters. The van der Waals surface area contributed by atoms with Crippen molar-refractivity contribution < 1.29 is 4.92 Å². The van der Waals surface area contributed by atoms with Crippen molar-refractivity contribution in [2.45, 2.75) is 25.3 Å². The van der Waals surface area contributed by atoms with Crippen LogP contribution in [0.5, 0.6) is 0 Å². The maximum absolute atomic E-state index is 11.5. The standard InChI is InChI=1S/C19H17ClN2O2/c1-11-9-12(20)10-16-13-6-4-7-14(13)19(21-18(11)16)15-5-2-3-8-17(15)22(23)24/h2-6,8-10,13-14,19,21H,7H2,1H3/t13-,14+,19-/m0/s1. The van der Waals surface area contributed by atoms with Gasteiger partial charge in [0.15, 0.2) is 0 Å². The summed E-state index contributed by atoms with van der Waals surface area (Å²) in [6.45, 7) is 2.02. The predicted molar refractivity (Wildman–Crippen MR) is 95.6 cm³/mol. The molecule has 24 heavy (non-hydrogen) atoms. The van der Waals surface area contributed by atoms with Gasteiger partial charge in [-0.15, -0.1) is 0 Å². The highest BCUT2D eigenvalue weighted by Gasteiger charge is 2.40. The molecule has 0 saturated heterocycles. The molecule has 0 radical (unpaired) electrons. The second-order valence-corrected chi connectivity index (χ2v) is 6.91. The van der Waals surface area contributed by atoms with Gasteiger partial charge in [0.1, 0.15) is 0 Å². The SMILES string of the molecule is Cc1cc(Cl)cc2c1N[C@H](c1ccccc1[N+](=O)[O-])[C@@H]1CC=C[C@H]21. The minimum atomic E-state index is -0.293. The molecule has 2 aromatic carbocycles. The number of fused-ring (bicyclic) bond motifs is 3. The molecule has 0 amide bonds. The van der Waals surface area contributed by atoms with E-state index in [-0.39, 0.29) is 28.5 Å². The number of rotatable bonds is 2. The summed E-state index contributed by atoms with van der Waals surface area (Å²) in [6.07, 6.45) is 5.28. The molecule has 0 bridgehead atoms. The Morgan fingerprint density at radius 1 is 1.25 bits per heavy atom. The van der Waals surface area contributed by atoms with Crippen molar-refractivity contribution in [3.8, 4) is 0 Å². The Hall–Kier alpha value is -2.33. The second-order valence-electron chi connectivity index (χ2n) is 6.48. The Bertz CT molecular complexity index is 862. The molecule has 0 saturated carbocycles. The Morgan fingerprint density at radius 2 is 2.04 bits per heavy atom. The van der Waals surface area contributed by atoms with Gasteiger partial charge in [-0.2, -0.15) is 0 Å². The van der Waals surface area contributed by atoms with Gasteiger partial charge in [-0.3, -0.25) is 10.1 Å². The highest BCUT2D eigenvalue weighted by Crippen LogP contribution is 2.52. The number of hydrogen-bond acceptors (Lipinski definition) is 3. The fourth-order valence-corrected chi connectivity index (χ4v) is 4.35. The van der Waals surface area contributed by atoms with Crippen LogP contribution in [0.15, 0.2) is 48.6 Å². The number of aryl methyl sites for hydroxylation is 1. The van der Waals surface area contributed by atoms with Gasteiger partial charge in [0.2, 0.25) is 0 Å². The summed E-state index contributed by atoms with van der Waals surface area (Å²) in [5.74, 6) is 0.500. The van der Waals surface area contributed by atoms with Crippen molar-refractivity contribution in [1.82, 2.24) is 0 Å². The van der Waals surface area contributed by atoms with E-state index in [0.717, 1.165) is 28.3 Å². The number of halogens is 1. The summed E-state index contributed by atoms with van der Waals surface area (Å²) >= 11 is 6.25. The van der Waals surface area contributed by atoms with Crippen molar-refractivity contribution in [3.05, 3.63) is 80.4 Å². The van der Waals surface area contributed by atoms with Crippen molar-refractivity contribution in [2.24, 2.45) is 5.92 Å². The molecule has 1 N–H and O–H groups in total. The minimum Gasteiger partial charge on any atom is -0.377 e. The summed E-state index contributed by atoms with van der Waals surface area (Å²) in [5.41, 5.74) is 4.24. The van der Waals surface area contributed by atoms with Gasteiger partial charge < -0.3 is 5.32 Å². The lowest BCUT2D eigenvalue weighted by Crippen LogP contribution is -2.30. The monoisotopic (exact) mass is 340 g/mol. The van der Waals surface area contributed by atoms with Gasteiger partial charge in [-0.1, -0.05) is 42.0 Å². The normalized spacial score (nSPS) is 24.2. The summed E-state index contributed by atoms with van der Waals surface area (Å²) in [6, 6.07) is 10.9. The van der Waals surface area contributed by atoms with Crippen molar-refractivity contribution in [2.75, 3.05) is 5.32 Å². The summed E-state index contributed by atoms with van der Waals surface area (Å²) in [5, 5.41) is 15.8. The number of nitro benzene ring substituents is 1. The van der Waals surface area contributed by atoms with Crippen LogP contribution >= 0.6 is 11.6 Å². The minimum absolute atomic E-state index is 0.0843. The lowest BCUT2D eigenvalue weighted by Gasteiger charge is -2.38. The Morgan fingerprint density at radius 3 is 2.83 bits per heavy atom. The number of nitrogens with zero attached hydrogens (tertiary/aromatic N) is 1. The molecule has 1 heterocycles. The Kier molecular flexibility index (Phi) is 3.57. The zero-order chi connectivity index (χ0) is 16.8. The molecular weight excluding hydrogens is 324 g/mol. The number of benzene rings is 2. The first-order chi connectivity index (χ1) is 11.6. The van der Waals surface area contributed by atoms with Crippen LogP contribution in [0, 0.1) is 23.0 Å². The van der Waals surface area contributed by atoms with E-state index in [0.29, 0.717) is 0 Å². The first-order valence-corrected chi connectivity index (χ1v) is 8.40. The maximum Gasteiger partial charge on any atom is 0.274 e. The van der Waals surface area contributed by atoms with Crippen LogP contribution in [0.4, 0.5) is 11.4 Å². The number of nitro groups is 1. The van der Waals surface area contributed by atoms with E-state index in [1.165, 1.54) is 5.56 Å². The lowest BCUT2D eigenvalue weighted by molar-refractivity contribution is -0.385. The van der Waals surface area contributed by atoms with E-state index in [4.69, 9.17) is 11.6 Å². The van der Waals surface area contributed by atoms with Gasteiger partial charge in [-0.05, 0) is 42.5 Å². The molecule has 0 fully saturated rings. The molecule has 4 nitrogen and oxygen atoms in total. The third-order valence-electron chi connectivity index (χ3n) is 5.10. The second kappa shape index (κ2) is 5.64. The topological polar surface area (TPSA) is 55.2 Å². The molecule has 0 aromatic heterocycles. The quantitative estimate of drug-likeness (QED) is 0.453. The van der Waals surface area contributed by atoms with Crippen LogP contribution < -0.4 is 5.32 Å². The Labute approximate surface area is 145 Å². The van der Waals surface area contributed by atoms with E-state index < -0.39 is 0 Å². The molecular formula is C19H17ClN2O2. The van der Waals surface area contributed by atoms with Crippen LogP contribution in [0.1, 0.15) is 35.1 Å². The average molecular weight is 341 g/mol. The van der Waals surface area contributed by atoms with E-state index >= 15 is 0 Å². The van der Waals surface area contributed by atoms with E-state index in [1.807, 2.05) is 31.2 Å². The highest BCUT2D eigenvalue weighted by atomic mass is 35.5. The summed E-state index contributed by atoms with van der Waals surface area (Å²) in [4.78, 5) is 11.2. The lowest BCUT2D eigenvalue weighted by atomic mass is 9.76. The largest absolute Gasteiger partial charge is 0.377 e. The van der Waals surface area contributed by atoms with Crippen LogP contribution in [-0.2, 0) is 0 Å².